The van der Waals surface area contributed by atoms with E-state index in [0.29, 0.717) is 23.6 Å². The Morgan fingerprint density at radius 1 is 1.06 bits per heavy atom. The monoisotopic (exact) mass is 436 g/mol. The number of rotatable bonds is 4. The number of aromatic nitrogens is 5. The fraction of sp³-hybridized carbons (Fsp3) is 0.478. The van der Waals surface area contributed by atoms with Crippen molar-refractivity contribution < 1.29 is 14.3 Å². The molecule has 2 atom stereocenters. The molecule has 3 heterocycles. The van der Waals surface area contributed by atoms with Gasteiger partial charge in [0.2, 0.25) is 0 Å². The molecule has 2 aliphatic rings. The maximum absolute atomic E-state index is 13.5. The highest BCUT2D eigenvalue weighted by Gasteiger charge is 2.42. The van der Waals surface area contributed by atoms with Crippen LogP contribution in [0.15, 0.2) is 24.4 Å². The Hall–Kier alpha value is -3.36. The molecule has 0 N–H and O–H groups in total. The Balaban J connectivity index is 1.55. The van der Waals surface area contributed by atoms with Crippen molar-refractivity contribution in [1.82, 2.24) is 29.4 Å². The summed E-state index contributed by atoms with van der Waals surface area (Å²) in [5.74, 6) is 2.97. The number of aryl methyl sites for hydroxylation is 1. The summed E-state index contributed by atoms with van der Waals surface area (Å²) in [5.41, 5.74) is 2.46. The maximum atomic E-state index is 13.5. The molecular formula is C23H28N6O3. The van der Waals surface area contributed by atoms with Crippen LogP contribution in [0.4, 0.5) is 0 Å². The largest absolute Gasteiger partial charge is 0.493 e. The van der Waals surface area contributed by atoms with Crippen molar-refractivity contribution in [2.24, 2.45) is 7.05 Å². The van der Waals surface area contributed by atoms with Crippen LogP contribution in [-0.2, 0) is 13.6 Å². The SMILES string of the molecule is COc1ccc(-c2nnc3n2C2CCCCC2N(C(=O)c2cnn(C)c2C)C3)cc1OC. The van der Waals surface area contributed by atoms with Gasteiger partial charge in [0.05, 0.1) is 44.6 Å². The van der Waals surface area contributed by atoms with Crippen molar-refractivity contribution >= 4 is 5.91 Å². The second kappa shape index (κ2) is 7.96. The first-order valence-corrected chi connectivity index (χ1v) is 11.0. The molecule has 5 rings (SSSR count). The molecule has 9 nitrogen and oxygen atoms in total. The van der Waals surface area contributed by atoms with Crippen LogP contribution in [0.5, 0.6) is 11.5 Å². The van der Waals surface area contributed by atoms with E-state index in [0.717, 1.165) is 48.6 Å². The maximum Gasteiger partial charge on any atom is 0.258 e. The van der Waals surface area contributed by atoms with Gasteiger partial charge in [0.15, 0.2) is 23.1 Å². The zero-order valence-electron chi connectivity index (χ0n) is 18.9. The Kier molecular flexibility index (Phi) is 5.11. The number of carbonyl (C=O) groups is 1. The fourth-order valence-electron chi connectivity index (χ4n) is 5.06. The molecule has 3 aromatic rings. The number of amides is 1. The molecule has 0 bridgehead atoms. The summed E-state index contributed by atoms with van der Waals surface area (Å²) >= 11 is 0. The molecule has 9 heteroatoms. The Morgan fingerprint density at radius 2 is 1.81 bits per heavy atom. The lowest BCUT2D eigenvalue weighted by molar-refractivity contribution is 0.0420. The third-order valence-electron chi connectivity index (χ3n) is 6.87. The molecule has 2 aromatic heterocycles. The first-order chi connectivity index (χ1) is 15.5. The molecule has 1 saturated carbocycles. The van der Waals surface area contributed by atoms with Crippen molar-refractivity contribution in [2.75, 3.05) is 14.2 Å². The topological polar surface area (TPSA) is 87.3 Å². The van der Waals surface area contributed by atoms with E-state index in [1.165, 1.54) is 0 Å². The third kappa shape index (κ3) is 3.14. The molecule has 1 aromatic carbocycles. The highest BCUT2D eigenvalue weighted by Crippen LogP contribution is 2.41. The van der Waals surface area contributed by atoms with Crippen LogP contribution >= 0.6 is 0 Å². The lowest BCUT2D eigenvalue weighted by atomic mass is 9.86. The average molecular weight is 437 g/mol. The molecule has 1 aliphatic carbocycles. The van der Waals surface area contributed by atoms with Gasteiger partial charge in [0.25, 0.3) is 5.91 Å². The highest BCUT2D eigenvalue weighted by molar-refractivity contribution is 5.95. The van der Waals surface area contributed by atoms with Crippen LogP contribution in [0.3, 0.4) is 0 Å². The number of methoxy groups -OCH3 is 2. The summed E-state index contributed by atoms with van der Waals surface area (Å²) in [5, 5.41) is 13.3. The number of ether oxygens (including phenoxy) is 2. The average Bonchev–Trinajstić information content (AvgIpc) is 3.41. The van der Waals surface area contributed by atoms with Gasteiger partial charge in [-0.2, -0.15) is 5.10 Å². The Morgan fingerprint density at radius 3 is 2.50 bits per heavy atom. The van der Waals surface area contributed by atoms with Gasteiger partial charge in [-0.05, 0) is 38.0 Å². The zero-order chi connectivity index (χ0) is 22.4. The predicted octanol–water partition coefficient (Wildman–Crippen LogP) is 3.14. The number of carbonyl (C=O) groups excluding carboxylic acids is 1. The minimum atomic E-state index is 0.0226. The molecular weight excluding hydrogens is 408 g/mol. The van der Waals surface area contributed by atoms with E-state index < -0.39 is 0 Å². The van der Waals surface area contributed by atoms with Gasteiger partial charge in [0, 0.05) is 18.3 Å². The van der Waals surface area contributed by atoms with Crippen molar-refractivity contribution in [1.29, 1.82) is 0 Å². The van der Waals surface area contributed by atoms with E-state index in [2.05, 4.69) is 19.9 Å². The van der Waals surface area contributed by atoms with Gasteiger partial charge in [0.1, 0.15) is 0 Å². The van der Waals surface area contributed by atoms with E-state index in [1.807, 2.05) is 37.1 Å². The van der Waals surface area contributed by atoms with Crippen LogP contribution in [0.1, 0.15) is 53.6 Å². The minimum Gasteiger partial charge on any atom is -0.493 e. The first kappa shape index (κ1) is 20.5. The predicted molar refractivity (Wildman–Crippen MR) is 118 cm³/mol. The first-order valence-electron chi connectivity index (χ1n) is 11.0. The molecule has 0 saturated heterocycles. The Bertz CT molecular complexity index is 1170. The fourth-order valence-corrected chi connectivity index (χ4v) is 5.06. The van der Waals surface area contributed by atoms with Crippen LogP contribution in [0, 0.1) is 6.92 Å². The molecule has 168 valence electrons. The van der Waals surface area contributed by atoms with E-state index in [4.69, 9.17) is 9.47 Å². The van der Waals surface area contributed by atoms with Crippen LogP contribution in [0.25, 0.3) is 11.4 Å². The molecule has 1 amide bonds. The van der Waals surface area contributed by atoms with Crippen LogP contribution in [-0.4, -0.2) is 55.6 Å². The molecule has 1 aliphatic heterocycles. The van der Waals surface area contributed by atoms with Gasteiger partial charge in [-0.3, -0.25) is 9.48 Å². The minimum absolute atomic E-state index is 0.0226. The van der Waals surface area contributed by atoms with E-state index in [9.17, 15) is 4.79 Å². The van der Waals surface area contributed by atoms with Gasteiger partial charge in [-0.15, -0.1) is 10.2 Å². The second-order valence-electron chi connectivity index (χ2n) is 8.50. The molecule has 1 fully saturated rings. The molecule has 32 heavy (non-hydrogen) atoms. The summed E-state index contributed by atoms with van der Waals surface area (Å²) in [4.78, 5) is 15.5. The summed E-state index contributed by atoms with van der Waals surface area (Å²) in [6.07, 6.45) is 5.87. The summed E-state index contributed by atoms with van der Waals surface area (Å²) in [6.45, 7) is 2.37. The lowest BCUT2D eigenvalue weighted by Gasteiger charge is -2.44. The lowest BCUT2D eigenvalue weighted by Crippen LogP contribution is -2.50. The van der Waals surface area contributed by atoms with E-state index in [-0.39, 0.29) is 18.0 Å². The van der Waals surface area contributed by atoms with E-state index in [1.54, 1.807) is 25.1 Å². The third-order valence-corrected chi connectivity index (χ3v) is 6.87. The quantitative estimate of drug-likeness (QED) is 0.624. The van der Waals surface area contributed by atoms with E-state index >= 15 is 0 Å². The van der Waals surface area contributed by atoms with Crippen molar-refractivity contribution in [3.63, 3.8) is 0 Å². The number of fused-ring (bicyclic) bond motifs is 3. The summed E-state index contributed by atoms with van der Waals surface area (Å²) in [7, 11) is 5.11. The van der Waals surface area contributed by atoms with Crippen molar-refractivity contribution in [3.8, 4) is 22.9 Å². The summed E-state index contributed by atoms with van der Waals surface area (Å²) in [6, 6.07) is 6.06. The molecule has 0 radical (unpaired) electrons. The standard InChI is InChI=1S/C23H28N6O3/c1-14-16(12-24-27(14)2)23(30)28-13-21-25-26-22(29(21)18-8-6-5-7-17(18)28)15-9-10-19(31-3)20(11-15)32-4/h9-12,17-18H,5-8,13H2,1-4H3. The van der Waals surface area contributed by atoms with Gasteiger partial charge >= 0.3 is 0 Å². The van der Waals surface area contributed by atoms with Crippen molar-refractivity contribution in [2.45, 2.75) is 51.2 Å². The molecule has 2 unspecified atom stereocenters. The smallest absolute Gasteiger partial charge is 0.258 e. The Labute approximate surface area is 186 Å². The van der Waals surface area contributed by atoms with Crippen molar-refractivity contribution in [3.05, 3.63) is 41.5 Å². The van der Waals surface area contributed by atoms with Gasteiger partial charge in [-0.1, -0.05) is 12.8 Å². The van der Waals surface area contributed by atoms with Crippen LogP contribution < -0.4 is 9.47 Å². The van der Waals surface area contributed by atoms with Gasteiger partial charge < -0.3 is 18.9 Å². The normalized spacial score (nSPS) is 19.9. The highest BCUT2D eigenvalue weighted by atomic mass is 16.5. The van der Waals surface area contributed by atoms with Crippen LogP contribution in [0.2, 0.25) is 0 Å². The number of benzene rings is 1. The molecule has 0 spiro atoms. The number of hydrogen-bond acceptors (Lipinski definition) is 6. The number of hydrogen-bond donors (Lipinski definition) is 0. The van der Waals surface area contributed by atoms with Gasteiger partial charge in [-0.25, -0.2) is 0 Å². The number of nitrogens with zero attached hydrogens (tertiary/aromatic N) is 6. The second-order valence-corrected chi connectivity index (χ2v) is 8.50. The summed E-state index contributed by atoms with van der Waals surface area (Å²) < 4.78 is 14.9. The zero-order valence-corrected chi connectivity index (χ0v) is 18.9.